The molecule has 2 heterocycles. The number of aromatic nitrogens is 2. The summed E-state index contributed by atoms with van der Waals surface area (Å²) < 4.78 is 7.29. The minimum absolute atomic E-state index is 0.128. The number of nitrogens with zero attached hydrogens (tertiary/aromatic N) is 3. The first-order valence-electron chi connectivity index (χ1n) is 12.0. The van der Waals surface area contributed by atoms with Crippen LogP contribution >= 0.6 is 0 Å². The molecule has 5 rings (SSSR count). The van der Waals surface area contributed by atoms with E-state index >= 15 is 0 Å². The van der Waals surface area contributed by atoms with Crippen molar-refractivity contribution >= 4 is 23.1 Å². The SMILES string of the molecule is COC(=O)N1CCc2ccc3c(nc(C4CC(C(=O)O)C4)n3[C@H](C)Cc3ccccc3C)c2C1. The molecule has 0 radical (unpaired) electrons. The lowest BCUT2D eigenvalue weighted by molar-refractivity contribution is -0.145. The summed E-state index contributed by atoms with van der Waals surface area (Å²) in [5.41, 5.74) is 6.84. The van der Waals surface area contributed by atoms with Gasteiger partial charge in [-0.15, -0.1) is 0 Å². The smallest absolute Gasteiger partial charge is 0.409 e. The number of carboxylic acid groups (broad SMARTS) is 1. The predicted molar refractivity (Wildman–Crippen MR) is 129 cm³/mol. The van der Waals surface area contributed by atoms with Crippen LogP contribution in [0.2, 0.25) is 0 Å². The van der Waals surface area contributed by atoms with E-state index < -0.39 is 5.97 Å². The fourth-order valence-corrected chi connectivity index (χ4v) is 5.53. The summed E-state index contributed by atoms with van der Waals surface area (Å²) in [6.07, 6.45) is 2.55. The van der Waals surface area contributed by atoms with Gasteiger partial charge in [0.05, 0.1) is 30.6 Å². The summed E-state index contributed by atoms with van der Waals surface area (Å²) >= 11 is 0. The maximum Gasteiger partial charge on any atom is 0.409 e. The first kappa shape index (κ1) is 22.4. The number of carbonyl (C=O) groups excluding carboxylic acids is 1. The zero-order chi connectivity index (χ0) is 24.0. The number of carbonyl (C=O) groups is 2. The molecule has 1 fully saturated rings. The van der Waals surface area contributed by atoms with Gasteiger partial charge < -0.3 is 19.3 Å². The maximum atomic E-state index is 12.2. The third-order valence-electron chi connectivity index (χ3n) is 7.59. The largest absolute Gasteiger partial charge is 0.481 e. The van der Waals surface area contributed by atoms with E-state index in [1.54, 1.807) is 4.90 Å². The summed E-state index contributed by atoms with van der Waals surface area (Å²) in [5.74, 6) is 0.0765. The average Bonchev–Trinajstić information content (AvgIpc) is 3.18. The van der Waals surface area contributed by atoms with Crippen LogP contribution < -0.4 is 0 Å². The van der Waals surface area contributed by atoms with Gasteiger partial charge in [0.1, 0.15) is 5.82 Å². The molecular formula is C27H31N3O4. The molecule has 7 nitrogen and oxygen atoms in total. The van der Waals surface area contributed by atoms with Crippen molar-refractivity contribution in [3.8, 4) is 0 Å². The van der Waals surface area contributed by atoms with Crippen molar-refractivity contribution in [1.82, 2.24) is 14.5 Å². The Labute approximate surface area is 199 Å². The van der Waals surface area contributed by atoms with Crippen LogP contribution in [0.3, 0.4) is 0 Å². The highest BCUT2D eigenvalue weighted by Gasteiger charge is 2.39. The molecule has 1 saturated carbocycles. The first-order valence-corrected chi connectivity index (χ1v) is 12.0. The zero-order valence-electron chi connectivity index (χ0n) is 20.0. The number of fused-ring (bicyclic) bond motifs is 3. The molecule has 1 aliphatic carbocycles. The van der Waals surface area contributed by atoms with Crippen molar-refractivity contribution in [2.45, 2.75) is 58.0 Å². The van der Waals surface area contributed by atoms with Gasteiger partial charge in [-0.2, -0.15) is 0 Å². The van der Waals surface area contributed by atoms with Gasteiger partial charge in [0.2, 0.25) is 0 Å². The van der Waals surface area contributed by atoms with Crippen LogP contribution in [-0.4, -0.2) is 45.3 Å². The van der Waals surface area contributed by atoms with Crippen LogP contribution in [0, 0.1) is 12.8 Å². The fraction of sp³-hybridized carbons (Fsp3) is 0.444. The number of aryl methyl sites for hydroxylation is 1. The van der Waals surface area contributed by atoms with Gasteiger partial charge in [-0.25, -0.2) is 9.78 Å². The zero-order valence-corrected chi connectivity index (χ0v) is 20.0. The van der Waals surface area contributed by atoms with Gasteiger partial charge in [-0.3, -0.25) is 4.79 Å². The second-order valence-electron chi connectivity index (χ2n) is 9.74. The Balaban J connectivity index is 1.58. The van der Waals surface area contributed by atoms with Gasteiger partial charge >= 0.3 is 12.1 Å². The monoisotopic (exact) mass is 461 g/mol. The van der Waals surface area contributed by atoms with Gasteiger partial charge in [0.25, 0.3) is 0 Å². The number of ether oxygens (including phenoxy) is 1. The van der Waals surface area contributed by atoms with E-state index in [1.807, 2.05) is 0 Å². The number of hydrogen-bond donors (Lipinski definition) is 1. The average molecular weight is 462 g/mol. The molecule has 0 bridgehead atoms. The molecule has 0 saturated heterocycles. The topological polar surface area (TPSA) is 84.7 Å². The highest BCUT2D eigenvalue weighted by Crippen LogP contribution is 2.44. The minimum atomic E-state index is -0.724. The highest BCUT2D eigenvalue weighted by atomic mass is 16.5. The van der Waals surface area contributed by atoms with E-state index in [9.17, 15) is 14.7 Å². The first-order chi connectivity index (χ1) is 16.4. The summed E-state index contributed by atoms with van der Waals surface area (Å²) in [7, 11) is 1.41. The van der Waals surface area contributed by atoms with Crippen LogP contribution in [0.5, 0.6) is 0 Å². The highest BCUT2D eigenvalue weighted by molar-refractivity contribution is 5.83. The normalized spacial score (nSPS) is 20.5. The van der Waals surface area contributed by atoms with E-state index in [0.717, 1.165) is 35.3 Å². The number of aliphatic carboxylic acids is 1. The standard InChI is InChI=1S/C27H31N3O4/c1-16-6-4-5-7-19(16)12-17(2)30-23-9-8-18-10-11-29(27(33)34-3)15-22(18)24(23)28-25(30)20-13-21(14-20)26(31)32/h4-9,17,20-21H,10-15H2,1-3H3,(H,31,32)/t17-,20?,21?/m1/s1. The second-order valence-corrected chi connectivity index (χ2v) is 9.74. The van der Waals surface area contributed by atoms with Gasteiger partial charge in [-0.1, -0.05) is 30.3 Å². The molecule has 1 aliphatic heterocycles. The fourth-order valence-electron chi connectivity index (χ4n) is 5.53. The van der Waals surface area contributed by atoms with E-state index in [4.69, 9.17) is 9.72 Å². The van der Waals surface area contributed by atoms with E-state index in [0.29, 0.717) is 25.9 Å². The van der Waals surface area contributed by atoms with Crippen LogP contribution in [0.4, 0.5) is 4.79 Å². The van der Waals surface area contributed by atoms with E-state index in [1.165, 1.54) is 23.8 Å². The summed E-state index contributed by atoms with van der Waals surface area (Å²) in [4.78, 5) is 30.5. The lowest BCUT2D eigenvalue weighted by atomic mass is 9.74. The van der Waals surface area contributed by atoms with Gasteiger partial charge in [-0.05, 0) is 62.3 Å². The van der Waals surface area contributed by atoms with Gasteiger partial charge in [0.15, 0.2) is 0 Å². The molecule has 1 N–H and O–H groups in total. The number of hydrogen-bond acceptors (Lipinski definition) is 4. The Morgan fingerprint density at radius 3 is 2.68 bits per heavy atom. The molecule has 1 atom stereocenters. The van der Waals surface area contributed by atoms with Crippen molar-refractivity contribution in [2.24, 2.45) is 5.92 Å². The summed E-state index contributed by atoms with van der Waals surface area (Å²) in [6, 6.07) is 12.9. The third kappa shape index (κ3) is 3.83. The van der Waals surface area contributed by atoms with Crippen molar-refractivity contribution in [1.29, 1.82) is 0 Å². The van der Waals surface area contributed by atoms with E-state index in [2.05, 4.69) is 54.8 Å². The number of methoxy groups -OCH3 is 1. The van der Waals surface area contributed by atoms with Crippen molar-refractivity contribution in [3.05, 3.63) is 64.5 Å². The van der Waals surface area contributed by atoms with Crippen LogP contribution in [0.15, 0.2) is 36.4 Å². The Bertz CT molecular complexity index is 1260. The summed E-state index contributed by atoms with van der Waals surface area (Å²) in [5, 5.41) is 9.43. The number of imidazole rings is 1. The predicted octanol–water partition coefficient (Wildman–Crippen LogP) is 4.85. The molecule has 7 heteroatoms. The molecule has 34 heavy (non-hydrogen) atoms. The second kappa shape index (κ2) is 8.78. The Morgan fingerprint density at radius 2 is 1.97 bits per heavy atom. The minimum Gasteiger partial charge on any atom is -0.481 e. The molecule has 178 valence electrons. The van der Waals surface area contributed by atoms with Crippen LogP contribution in [-0.2, 0) is 28.9 Å². The Hall–Kier alpha value is -3.35. The molecule has 1 amide bonds. The van der Waals surface area contributed by atoms with Crippen LogP contribution in [0.25, 0.3) is 11.0 Å². The maximum absolute atomic E-state index is 12.2. The third-order valence-corrected chi connectivity index (χ3v) is 7.59. The molecule has 0 unspecified atom stereocenters. The quantitative estimate of drug-likeness (QED) is 0.587. The Kier molecular flexibility index (Phi) is 5.80. The molecule has 2 aliphatic rings. The number of amides is 1. The summed E-state index contributed by atoms with van der Waals surface area (Å²) in [6.45, 7) is 5.45. The van der Waals surface area contributed by atoms with Crippen molar-refractivity contribution in [3.63, 3.8) is 0 Å². The molecule has 3 aromatic rings. The van der Waals surface area contributed by atoms with Crippen LogP contribution in [0.1, 0.15) is 59.8 Å². The van der Waals surface area contributed by atoms with E-state index in [-0.39, 0.29) is 24.0 Å². The lowest BCUT2D eigenvalue weighted by Gasteiger charge is -2.33. The number of benzene rings is 2. The Morgan fingerprint density at radius 1 is 1.21 bits per heavy atom. The number of carboxylic acids is 1. The number of rotatable bonds is 5. The molecule has 2 aromatic carbocycles. The van der Waals surface area contributed by atoms with Crippen molar-refractivity contribution < 1.29 is 19.4 Å². The van der Waals surface area contributed by atoms with Crippen molar-refractivity contribution in [2.75, 3.05) is 13.7 Å². The van der Waals surface area contributed by atoms with Gasteiger partial charge in [0, 0.05) is 24.1 Å². The molecule has 1 aromatic heterocycles. The molecule has 0 spiro atoms. The lowest BCUT2D eigenvalue weighted by Crippen LogP contribution is -2.35. The molecular weight excluding hydrogens is 430 g/mol.